The summed E-state index contributed by atoms with van der Waals surface area (Å²) in [6.07, 6.45) is 3.04. The predicted octanol–water partition coefficient (Wildman–Crippen LogP) is 2.63. The van der Waals surface area contributed by atoms with Crippen molar-refractivity contribution in [3.63, 3.8) is 0 Å². The van der Waals surface area contributed by atoms with Crippen molar-refractivity contribution in [1.82, 2.24) is 15.3 Å². The quantitative estimate of drug-likeness (QED) is 0.887. The Morgan fingerprint density at radius 2 is 1.74 bits per heavy atom. The molecule has 0 radical (unpaired) electrons. The molecule has 0 atom stereocenters. The highest BCUT2D eigenvalue weighted by Gasteiger charge is 2.15. The fraction of sp³-hybridized carbons (Fsp3) is 0.353. The van der Waals surface area contributed by atoms with E-state index in [0.717, 1.165) is 11.3 Å². The molecule has 122 valence electrons. The number of methoxy groups -OCH3 is 1. The van der Waals surface area contributed by atoms with Gasteiger partial charge in [0, 0.05) is 24.5 Å². The van der Waals surface area contributed by atoms with E-state index < -0.39 is 0 Å². The van der Waals surface area contributed by atoms with E-state index in [9.17, 15) is 4.79 Å². The van der Waals surface area contributed by atoms with Gasteiger partial charge in [-0.15, -0.1) is 0 Å². The highest BCUT2D eigenvalue weighted by Crippen LogP contribution is 2.12. The molecule has 0 saturated carbocycles. The van der Waals surface area contributed by atoms with Crippen LogP contribution in [-0.4, -0.2) is 28.5 Å². The molecule has 1 aromatic heterocycles. The number of amides is 1. The minimum atomic E-state index is -0.289. The molecule has 0 aliphatic rings. The van der Waals surface area contributed by atoms with Crippen LogP contribution in [0.2, 0.25) is 0 Å². The van der Waals surface area contributed by atoms with Gasteiger partial charge in [0.2, 0.25) is 5.95 Å². The van der Waals surface area contributed by atoms with E-state index in [-0.39, 0.29) is 11.4 Å². The molecule has 2 aromatic rings. The second-order valence-corrected chi connectivity index (χ2v) is 6.20. The van der Waals surface area contributed by atoms with Crippen molar-refractivity contribution in [2.45, 2.75) is 32.9 Å². The van der Waals surface area contributed by atoms with Crippen LogP contribution in [0, 0.1) is 0 Å². The highest BCUT2D eigenvalue weighted by molar-refractivity contribution is 5.94. The summed E-state index contributed by atoms with van der Waals surface area (Å²) in [4.78, 5) is 20.3. The number of anilines is 1. The number of carbonyl (C=O) groups is 1. The predicted molar refractivity (Wildman–Crippen MR) is 89.6 cm³/mol. The lowest BCUT2D eigenvalue weighted by Gasteiger charge is -2.20. The Balaban J connectivity index is 1.93. The maximum Gasteiger partial charge on any atom is 0.254 e. The normalized spacial score (nSPS) is 11.0. The molecule has 2 N–H and O–H groups in total. The fourth-order valence-corrected chi connectivity index (χ4v) is 1.87. The Hall–Kier alpha value is -2.63. The monoisotopic (exact) mass is 314 g/mol. The van der Waals surface area contributed by atoms with Gasteiger partial charge in [0.25, 0.3) is 5.91 Å². The van der Waals surface area contributed by atoms with E-state index in [0.29, 0.717) is 18.1 Å². The molecule has 1 amide bonds. The van der Waals surface area contributed by atoms with Crippen LogP contribution in [-0.2, 0) is 6.54 Å². The summed E-state index contributed by atoms with van der Waals surface area (Å²) in [5.74, 6) is 1.12. The van der Waals surface area contributed by atoms with Gasteiger partial charge in [-0.25, -0.2) is 9.97 Å². The summed E-state index contributed by atoms with van der Waals surface area (Å²) in [6, 6.07) is 7.74. The fourth-order valence-electron chi connectivity index (χ4n) is 1.87. The summed E-state index contributed by atoms with van der Waals surface area (Å²) in [5, 5.41) is 5.99. The van der Waals surface area contributed by atoms with E-state index in [1.165, 1.54) is 12.4 Å². The minimum absolute atomic E-state index is 0.181. The first-order valence-electron chi connectivity index (χ1n) is 7.39. The largest absolute Gasteiger partial charge is 0.497 e. The Bertz CT molecular complexity index is 646. The third-order valence-electron chi connectivity index (χ3n) is 3.01. The minimum Gasteiger partial charge on any atom is -0.497 e. The molecule has 6 heteroatoms. The molecule has 1 aromatic carbocycles. The average Bonchev–Trinajstić information content (AvgIpc) is 2.52. The first-order valence-corrected chi connectivity index (χ1v) is 7.39. The lowest BCUT2D eigenvalue weighted by atomic mass is 10.1. The van der Waals surface area contributed by atoms with Crippen molar-refractivity contribution in [2.24, 2.45) is 0 Å². The van der Waals surface area contributed by atoms with Gasteiger partial charge in [0.15, 0.2) is 0 Å². The average molecular weight is 314 g/mol. The standard InChI is InChI=1S/C17H22N4O2/c1-17(2,3)21-15(22)13-10-19-16(20-11-13)18-9-12-5-7-14(23-4)8-6-12/h5-8,10-11H,9H2,1-4H3,(H,21,22)(H,18,19,20). The van der Waals surface area contributed by atoms with Gasteiger partial charge in [0.1, 0.15) is 5.75 Å². The molecule has 6 nitrogen and oxygen atoms in total. The van der Waals surface area contributed by atoms with Gasteiger partial charge in [0.05, 0.1) is 12.7 Å². The van der Waals surface area contributed by atoms with Crippen LogP contribution in [0.15, 0.2) is 36.7 Å². The zero-order valence-electron chi connectivity index (χ0n) is 13.9. The van der Waals surface area contributed by atoms with Crippen LogP contribution in [0.4, 0.5) is 5.95 Å². The summed E-state index contributed by atoms with van der Waals surface area (Å²) in [5.41, 5.74) is 1.24. The van der Waals surface area contributed by atoms with Crippen molar-refractivity contribution >= 4 is 11.9 Å². The van der Waals surface area contributed by atoms with Gasteiger partial charge in [-0.3, -0.25) is 4.79 Å². The number of nitrogens with zero attached hydrogens (tertiary/aromatic N) is 2. The van der Waals surface area contributed by atoms with E-state index in [1.807, 2.05) is 45.0 Å². The first kappa shape index (κ1) is 16.7. The van der Waals surface area contributed by atoms with Crippen molar-refractivity contribution in [3.05, 3.63) is 47.8 Å². The third kappa shape index (κ3) is 5.25. The Labute approximate surface area is 136 Å². The van der Waals surface area contributed by atoms with E-state index in [4.69, 9.17) is 4.74 Å². The number of carbonyl (C=O) groups excluding carboxylic acids is 1. The van der Waals surface area contributed by atoms with Gasteiger partial charge in [-0.1, -0.05) is 12.1 Å². The Morgan fingerprint density at radius 3 is 2.26 bits per heavy atom. The molecular formula is C17H22N4O2. The Kier molecular flexibility index (Phi) is 5.16. The van der Waals surface area contributed by atoms with Crippen LogP contribution >= 0.6 is 0 Å². The zero-order chi connectivity index (χ0) is 16.9. The van der Waals surface area contributed by atoms with Gasteiger partial charge in [-0.05, 0) is 38.5 Å². The molecule has 23 heavy (non-hydrogen) atoms. The molecule has 0 aliphatic carbocycles. The third-order valence-corrected chi connectivity index (χ3v) is 3.01. The molecule has 0 unspecified atom stereocenters. The van der Waals surface area contributed by atoms with Crippen molar-refractivity contribution < 1.29 is 9.53 Å². The number of ether oxygens (including phenoxy) is 1. The number of benzene rings is 1. The zero-order valence-corrected chi connectivity index (χ0v) is 13.9. The highest BCUT2D eigenvalue weighted by atomic mass is 16.5. The van der Waals surface area contributed by atoms with Crippen molar-refractivity contribution in [1.29, 1.82) is 0 Å². The summed E-state index contributed by atoms with van der Waals surface area (Å²) in [6.45, 7) is 6.38. The maximum atomic E-state index is 12.0. The molecule has 2 rings (SSSR count). The molecule has 0 fully saturated rings. The van der Waals surface area contributed by atoms with E-state index in [1.54, 1.807) is 7.11 Å². The number of aromatic nitrogens is 2. The number of hydrogen-bond donors (Lipinski definition) is 2. The van der Waals surface area contributed by atoms with Crippen LogP contribution < -0.4 is 15.4 Å². The smallest absolute Gasteiger partial charge is 0.254 e. The summed E-state index contributed by atoms with van der Waals surface area (Å²) < 4.78 is 5.12. The van der Waals surface area contributed by atoms with Crippen LogP contribution in [0.1, 0.15) is 36.7 Å². The number of hydrogen-bond acceptors (Lipinski definition) is 5. The van der Waals surface area contributed by atoms with E-state index in [2.05, 4.69) is 20.6 Å². The summed E-state index contributed by atoms with van der Waals surface area (Å²) in [7, 11) is 1.64. The SMILES string of the molecule is COc1ccc(CNc2ncc(C(=O)NC(C)(C)C)cn2)cc1. The maximum absolute atomic E-state index is 12.0. The summed E-state index contributed by atoms with van der Waals surface area (Å²) >= 11 is 0. The van der Waals surface area contributed by atoms with E-state index >= 15 is 0 Å². The molecule has 0 aliphatic heterocycles. The molecule has 0 spiro atoms. The van der Waals surface area contributed by atoms with Crippen LogP contribution in [0.25, 0.3) is 0 Å². The topological polar surface area (TPSA) is 76.1 Å². The van der Waals surface area contributed by atoms with Gasteiger partial charge < -0.3 is 15.4 Å². The lowest BCUT2D eigenvalue weighted by molar-refractivity contribution is 0.0919. The van der Waals surface area contributed by atoms with Gasteiger partial charge >= 0.3 is 0 Å². The van der Waals surface area contributed by atoms with Crippen LogP contribution in [0.5, 0.6) is 5.75 Å². The lowest BCUT2D eigenvalue weighted by Crippen LogP contribution is -2.40. The molecule has 0 bridgehead atoms. The number of rotatable bonds is 5. The van der Waals surface area contributed by atoms with Crippen molar-refractivity contribution in [2.75, 3.05) is 12.4 Å². The second-order valence-electron chi connectivity index (χ2n) is 6.20. The Morgan fingerprint density at radius 1 is 1.13 bits per heavy atom. The molecule has 1 heterocycles. The van der Waals surface area contributed by atoms with Gasteiger partial charge in [-0.2, -0.15) is 0 Å². The molecule has 0 saturated heterocycles. The number of nitrogens with one attached hydrogen (secondary N) is 2. The first-order chi connectivity index (χ1) is 10.9. The second kappa shape index (κ2) is 7.09. The molecular weight excluding hydrogens is 292 g/mol. The van der Waals surface area contributed by atoms with Crippen molar-refractivity contribution in [3.8, 4) is 5.75 Å². The van der Waals surface area contributed by atoms with Crippen LogP contribution in [0.3, 0.4) is 0 Å².